The van der Waals surface area contributed by atoms with Gasteiger partial charge in [0.1, 0.15) is 23.0 Å². The minimum absolute atomic E-state index is 0.0677. The summed E-state index contributed by atoms with van der Waals surface area (Å²) in [7, 11) is -8.29. The first kappa shape index (κ1) is 40.4. The fourth-order valence-corrected chi connectivity index (χ4v) is 7.61. The molecule has 0 atom stereocenters. The lowest BCUT2D eigenvalue weighted by atomic mass is 10.1. The van der Waals surface area contributed by atoms with E-state index >= 15 is 0 Å². The van der Waals surface area contributed by atoms with Crippen LogP contribution < -0.4 is 17.7 Å². The molecule has 0 amide bonds. The number of hydrogen-bond acceptors (Lipinski definition) is 4. The van der Waals surface area contributed by atoms with Gasteiger partial charge in [0.15, 0.2) is 0 Å². The lowest BCUT2D eigenvalue weighted by molar-refractivity contribution is 0.440. The summed E-state index contributed by atoms with van der Waals surface area (Å²) >= 11 is 0. The van der Waals surface area contributed by atoms with Gasteiger partial charge in [0.05, 0.1) is 0 Å². The SMILES string of the molecule is CC(C)(C)[Si](C)(C)Oc1cc(/C=C/c2ccc(O[Si](C)(C)C(C)(C)C)c(O[Si](C)(C)C(C)(C)C)c2)cc(O[Si](C)(C)C(C)(C)C)c1. The highest BCUT2D eigenvalue weighted by atomic mass is 28.4. The van der Waals surface area contributed by atoms with Gasteiger partial charge in [-0.3, -0.25) is 0 Å². The molecule has 0 saturated heterocycles. The van der Waals surface area contributed by atoms with Crippen LogP contribution in [-0.2, 0) is 0 Å². The van der Waals surface area contributed by atoms with Crippen molar-refractivity contribution in [2.75, 3.05) is 0 Å². The van der Waals surface area contributed by atoms with Crippen molar-refractivity contribution in [2.24, 2.45) is 0 Å². The molecule has 8 heteroatoms. The molecule has 2 aromatic rings. The molecule has 2 aromatic carbocycles. The summed E-state index contributed by atoms with van der Waals surface area (Å²) in [4.78, 5) is 0. The Morgan fingerprint density at radius 2 is 0.717 bits per heavy atom. The van der Waals surface area contributed by atoms with Crippen LogP contribution in [0.2, 0.25) is 72.5 Å². The molecule has 0 aromatic heterocycles. The smallest absolute Gasteiger partial charge is 0.250 e. The van der Waals surface area contributed by atoms with Crippen LogP contribution in [0.15, 0.2) is 36.4 Å². The quantitative estimate of drug-likeness (QED) is 0.183. The third-order valence-electron chi connectivity index (χ3n) is 11.0. The van der Waals surface area contributed by atoms with Crippen LogP contribution in [0.25, 0.3) is 12.2 Å². The molecule has 0 aliphatic heterocycles. The molecule has 0 fully saturated rings. The van der Waals surface area contributed by atoms with Crippen LogP contribution in [0.5, 0.6) is 23.0 Å². The van der Waals surface area contributed by atoms with Crippen LogP contribution in [0.4, 0.5) is 0 Å². The van der Waals surface area contributed by atoms with Crippen molar-refractivity contribution in [2.45, 2.75) is 156 Å². The Kier molecular flexibility index (Phi) is 11.7. The highest BCUT2D eigenvalue weighted by molar-refractivity contribution is 6.76. The summed E-state index contributed by atoms with van der Waals surface area (Å²) in [5.74, 6) is 3.45. The lowest BCUT2D eigenvalue weighted by Gasteiger charge is -2.39. The minimum atomic E-state index is -2.11. The molecule has 0 radical (unpaired) electrons. The molecule has 0 heterocycles. The molecule has 2 rings (SSSR count). The number of hydrogen-bond donors (Lipinski definition) is 0. The predicted molar refractivity (Wildman–Crippen MR) is 213 cm³/mol. The lowest BCUT2D eigenvalue weighted by Crippen LogP contribution is -2.45. The number of benzene rings is 2. The topological polar surface area (TPSA) is 36.9 Å². The molecular weight excluding hydrogens is 633 g/mol. The molecule has 0 saturated carbocycles. The third kappa shape index (κ3) is 10.1. The Morgan fingerprint density at radius 3 is 1.09 bits per heavy atom. The molecule has 4 nitrogen and oxygen atoms in total. The second kappa shape index (κ2) is 13.3. The third-order valence-corrected chi connectivity index (χ3v) is 28.4. The van der Waals surface area contributed by atoms with Gasteiger partial charge in [-0.15, -0.1) is 0 Å². The van der Waals surface area contributed by atoms with Gasteiger partial charge in [-0.05, 0) is 108 Å². The van der Waals surface area contributed by atoms with E-state index in [-0.39, 0.29) is 20.2 Å². The molecule has 46 heavy (non-hydrogen) atoms. The van der Waals surface area contributed by atoms with E-state index < -0.39 is 33.3 Å². The summed E-state index contributed by atoms with van der Waals surface area (Å²) in [5.41, 5.74) is 2.12. The van der Waals surface area contributed by atoms with Gasteiger partial charge in [-0.25, -0.2) is 0 Å². The van der Waals surface area contributed by atoms with E-state index in [0.717, 1.165) is 34.1 Å². The van der Waals surface area contributed by atoms with Gasteiger partial charge in [0, 0.05) is 6.07 Å². The molecule has 260 valence electrons. The largest absolute Gasteiger partial charge is 0.543 e. The molecule has 0 aliphatic carbocycles. The molecular formula is C38H68O4Si4. The Balaban J connectivity index is 2.65. The van der Waals surface area contributed by atoms with E-state index in [2.05, 4.69) is 184 Å². The Bertz CT molecular complexity index is 1330. The van der Waals surface area contributed by atoms with E-state index in [9.17, 15) is 0 Å². The first-order chi connectivity index (χ1) is 20.3. The van der Waals surface area contributed by atoms with Crippen molar-refractivity contribution < 1.29 is 17.7 Å². The molecule has 0 aliphatic rings. The fraction of sp³-hybridized carbons (Fsp3) is 0.632. The zero-order chi connectivity index (χ0) is 35.9. The normalized spacial score (nSPS) is 14.4. The molecule has 0 bridgehead atoms. The summed E-state index contributed by atoms with van der Waals surface area (Å²) in [6.07, 6.45) is 4.33. The van der Waals surface area contributed by atoms with Crippen molar-refractivity contribution in [1.29, 1.82) is 0 Å². The van der Waals surface area contributed by atoms with E-state index in [1.807, 2.05) is 0 Å². The summed E-state index contributed by atoms with van der Waals surface area (Å²) < 4.78 is 27.4. The van der Waals surface area contributed by atoms with Gasteiger partial charge >= 0.3 is 0 Å². The van der Waals surface area contributed by atoms with Crippen molar-refractivity contribution in [1.82, 2.24) is 0 Å². The summed E-state index contributed by atoms with van der Waals surface area (Å²) in [6.45, 7) is 45.7. The van der Waals surface area contributed by atoms with E-state index in [4.69, 9.17) is 17.7 Å². The first-order valence-electron chi connectivity index (χ1n) is 17.0. The Labute approximate surface area is 288 Å². The second-order valence-corrected chi connectivity index (χ2v) is 38.1. The van der Waals surface area contributed by atoms with Gasteiger partial charge in [0.25, 0.3) is 16.6 Å². The van der Waals surface area contributed by atoms with Gasteiger partial charge < -0.3 is 17.7 Å². The van der Waals surface area contributed by atoms with Crippen LogP contribution in [0.3, 0.4) is 0 Å². The first-order valence-corrected chi connectivity index (χ1v) is 28.6. The maximum atomic E-state index is 6.93. The number of rotatable bonds is 10. The van der Waals surface area contributed by atoms with Gasteiger partial charge in [-0.2, -0.15) is 0 Å². The van der Waals surface area contributed by atoms with Crippen LogP contribution in [-0.4, -0.2) is 33.3 Å². The molecule has 0 N–H and O–H groups in total. The van der Waals surface area contributed by atoms with Crippen molar-refractivity contribution in [3.8, 4) is 23.0 Å². The maximum Gasteiger partial charge on any atom is 0.250 e. The zero-order valence-electron chi connectivity index (χ0n) is 33.3. The van der Waals surface area contributed by atoms with Crippen LogP contribution >= 0.6 is 0 Å². The highest BCUT2D eigenvalue weighted by Gasteiger charge is 2.43. The fourth-order valence-electron chi connectivity index (χ4n) is 3.54. The van der Waals surface area contributed by atoms with E-state index in [0.29, 0.717) is 0 Å². The van der Waals surface area contributed by atoms with Gasteiger partial charge in [-0.1, -0.05) is 101 Å². The maximum absolute atomic E-state index is 6.93. The second-order valence-electron chi connectivity index (χ2n) is 19.2. The Hall–Kier alpha value is -1.75. The predicted octanol–water partition coefficient (Wildman–Crippen LogP) is 13.4. The standard InChI is InChI=1S/C38H68O4Si4/c1-35(2,3)43(13,14)39-31-25-30(26-32(28-31)40-44(15,16)36(4,5)6)22-21-29-23-24-33(41-45(17,18)37(7,8)9)34(27-29)42-46(19,20)38(10,11)12/h21-28H,1-20H3/b22-21+. The summed E-state index contributed by atoms with van der Waals surface area (Å²) in [6, 6.07) is 12.8. The summed E-state index contributed by atoms with van der Waals surface area (Å²) in [5, 5.41) is 0.335. The van der Waals surface area contributed by atoms with Crippen molar-refractivity contribution in [3.63, 3.8) is 0 Å². The molecule has 0 spiro atoms. The zero-order valence-corrected chi connectivity index (χ0v) is 37.3. The van der Waals surface area contributed by atoms with Gasteiger partial charge in [0.2, 0.25) is 16.6 Å². The molecule has 0 unspecified atom stereocenters. The van der Waals surface area contributed by atoms with E-state index in [1.54, 1.807) is 0 Å². The Morgan fingerprint density at radius 1 is 0.391 bits per heavy atom. The van der Waals surface area contributed by atoms with Crippen LogP contribution in [0, 0.1) is 0 Å². The average molecular weight is 701 g/mol. The highest BCUT2D eigenvalue weighted by Crippen LogP contribution is 2.45. The van der Waals surface area contributed by atoms with Crippen LogP contribution in [0.1, 0.15) is 94.2 Å². The van der Waals surface area contributed by atoms with Crippen molar-refractivity contribution in [3.05, 3.63) is 47.5 Å². The van der Waals surface area contributed by atoms with E-state index in [1.165, 1.54) is 0 Å². The average Bonchev–Trinajstić information content (AvgIpc) is 2.80. The van der Waals surface area contributed by atoms with Crippen molar-refractivity contribution >= 4 is 45.4 Å². The monoisotopic (exact) mass is 700 g/mol. The minimum Gasteiger partial charge on any atom is -0.543 e.